The van der Waals surface area contributed by atoms with E-state index in [9.17, 15) is 0 Å². The molecule has 0 amide bonds. The number of benzene rings is 1. The topological polar surface area (TPSA) is 37.8 Å². The summed E-state index contributed by atoms with van der Waals surface area (Å²) in [5, 5.41) is 3.74. The Hall–Kier alpha value is -1.13. The van der Waals surface area contributed by atoms with Crippen LogP contribution in [0.1, 0.15) is 24.9 Å². The maximum absolute atomic E-state index is 5.90. The quantitative estimate of drug-likeness (QED) is 0.902. The molecule has 16 heavy (non-hydrogen) atoms. The van der Waals surface area contributed by atoms with E-state index in [-0.39, 0.29) is 6.04 Å². The number of anilines is 1. The van der Waals surface area contributed by atoms with Crippen LogP contribution in [0.3, 0.4) is 0 Å². The van der Waals surface area contributed by atoms with E-state index >= 15 is 0 Å². The third-order valence-electron chi connectivity index (χ3n) is 2.37. The highest BCUT2D eigenvalue weighted by Gasteiger charge is 2.12. The number of halogens is 1. The first kappa shape index (κ1) is 11.4. The number of hydrogen-bond donors (Lipinski definition) is 1. The molecule has 84 valence electrons. The molecule has 1 atom stereocenters. The second kappa shape index (κ2) is 5.27. The summed E-state index contributed by atoms with van der Waals surface area (Å²) >= 11 is 7.02. The van der Waals surface area contributed by atoms with Gasteiger partial charge in [0.2, 0.25) is 0 Å². The van der Waals surface area contributed by atoms with E-state index in [0.717, 1.165) is 18.1 Å². The highest BCUT2D eigenvalue weighted by atomic mass is 35.5. The van der Waals surface area contributed by atoms with E-state index in [4.69, 9.17) is 11.6 Å². The molecule has 5 heteroatoms. The van der Waals surface area contributed by atoms with Crippen molar-refractivity contribution in [1.82, 2.24) is 8.75 Å². The molecule has 0 fully saturated rings. The monoisotopic (exact) mass is 253 g/mol. The van der Waals surface area contributed by atoms with E-state index in [0.29, 0.717) is 11.0 Å². The first-order valence-electron chi connectivity index (χ1n) is 5.10. The Kier molecular flexibility index (Phi) is 3.74. The van der Waals surface area contributed by atoms with Crippen LogP contribution < -0.4 is 5.32 Å². The summed E-state index contributed by atoms with van der Waals surface area (Å²) in [6.45, 7) is 2.12. The highest BCUT2D eigenvalue weighted by Crippen LogP contribution is 2.25. The summed E-state index contributed by atoms with van der Waals surface area (Å²) in [5.74, 6) is 0.669. The third-order valence-corrected chi connectivity index (χ3v) is 3.26. The van der Waals surface area contributed by atoms with Crippen molar-refractivity contribution in [3.8, 4) is 0 Å². The molecule has 0 saturated heterocycles. The van der Waals surface area contributed by atoms with E-state index in [1.54, 1.807) is 0 Å². The van der Waals surface area contributed by atoms with Crippen molar-refractivity contribution in [2.45, 2.75) is 19.4 Å². The van der Waals surface area contributed by atoms with Gasteiger partial charge in [-0.1, -0.05) is 48.9 Å². The van der Waals surface area contributed by atoms with Crippen molar-refractivity contribution in [2.24, 2.45) is 0 Å². The third kappa shape index (κ3) is 2.51. The van der Waals surface area contributed by atoms with Crippen molar-refractivity contribution in [3.63, 3.8) is 0 Å². The number of nitrogens with one attached hydrogen (secondary N) is 1. The zero-order valence-corrected chi connectivity index (χ0v) is 10.4. The van der Waals surface area contributed by atoms with Gasteiger partial charge in [-0.3, -0.25) is 0 Å². The molecule has 1 N–H and O–H groups in total. The Morgan fingerprint density at radius 2 is 2.06 bits per heavy atom. The lowest BCUT2D eigenvalue weighted by molar-refractivity contribution is 0.746. The van der Waals surface area contributed by atoms with Gasteiger partial charge in [0.25, 0.3) is 0 Å². The first-order valence-corrected chi connectivity index (χ1v) is 6.21. The molecule has 0 aliphatic carbocycles. The van der Waals surface area contributed by atoms with E-state index in [2.05, 4.69) is 33.1 Å². The van der Waals surface area contributed by atoms with Crippen LogP contribution in [0.4, 0.5) is 5.82 Å². The minimum atomic E-state index is 0.225. The fourth-order valence-electron chi connectivity index (χ4n) is 1.54. The maximum atomic E-state index is 5.90. The Morgan fingerprint density at radius 1 is 1.31 bits per heavy atom. The molecule has 1 aromatic heterocycles. The Bertz CT molecular complexity index is 444. The standard InChI is InChI=1S/C11H12ClN3S/c1-2-9(8-6-4-3-5-7-8)13-11-10(12)14-16-15-11/h3-7,9H,2H2,1H3,(H,13,15). The van der Waals surface area contributed by atoms with Gasteiger partial charge in [0.05, 0.1) is 17.8 Å². The molecule has 0 aliphatic rings. The summed E-state index contributed by atoms with van der Waals surface area (Å²) < 4.78 is 8.05. The predicted molar refractivity (Wildman–Crippen MR) is 68.0 cm³/mol. The highest BCUT2D eigenvalue weighted by molar-refractivity contribution is 6.99. The van der Waals surface area contributed by atoms with E-state index in [1.807, 2.05) is 18.2 Å². The number of rotatable bonds is 4. The van der Waals surface area contributed by atoms with Gasteiger partial charge in [-0.25, -0.2) is 0 Å². The van der Waals surface area contributed by atoms with Crippen LogP contribution >= 0.6 is 23.3 Å². The van der Waals surface area contributed by atoms with Crippen LogP contribution in [0.2, 0.25) is 5.15 Å². The molecule has 2 aromatic rings. The smallest absolute Gasteiger partial charge is 0.186 e. The maximum Gasteiger partial charge on any atom is 0.186 e. The number of nitrogens with zero attached hydrogens (tertiary/aromatic N) is 2. The lowest BCUT2D eigenvalue weighted by atomic mass is 10.1. The summed E-state index contributed by atoms with van der Waals surface area (Å²) in [6, 6.07) is 10.5. The Labute approximate surface area is 104 Å². The lowest BCUT2D eigenvalue weighted by Crippen LogP contribution is -2.09. The Balaban J connectivity index is 2.16. The summed E-state index contributed by atoms with van der Waals surface area (Å²) in [7, 11) is 0. The zero-order chi connectivity index (χ0) is 11.4. The predicted octanol–water partition coefficient (Wildman–Crippen LogP) is 3.75. The van der Waals surface area contributed by atoms with Gasteiger partial charge in [-0.2, -0.15) is 8.75 Å². The first-order chi connectivity index (χ1) is 7.81. The van der Waals surface area contributed by atoms with Crippen LogP contribution in [0.5, 0.6) is 0 Å². The molecule has 0 aliphatic heterocycles. The van der Waals surface area contributed by atoms with Gasteiger partial charge in [-0.15, -0.1) is 0 Å². The summed E-state index contributed by atoms with van der Waals surface area (Å²) in [6.07, 6.45) is 0.970. The van der Waals surface area contributed by atoms with Gasteiger partial charge in [-0.05, 0) is 12.0 Å². The molecule has 3 nitrogen and oxygen atoms in total. The molecule has 2 rings (SSSR count). The van der Waals surface area contributed by atoms with Crippen molar-refractivity contribution < 1.29 is 0 Å². The van der Waals surface area contributed by atoms with Crippen LogP contribution in [-0.2, 0) is 0 Å². The molecule has 0 bridgehead atoms. The Morgan fingerprint density at radius 3 is 2.62 bits per heavy atom. The molecule has 0 saturated carbocycles. The number of aromatic nitrogens is 2. The van der Waals surface area contributed by atoms with Crippen LogP contribution in [0.15, 0.2) is 30.3 Å². The van der Waals surface area contributed by atoms with Crippen molar-refractivity contribution in [1.29, 1.82) is 0 Å². The average Bonchev–Trinajstić information content (AvgIpc) is 2.73. The van der Waals surface area contributed by atoms with Crippen molar-refractivity contribution in [3.05, 3.63) is 41.0 Å². The SMILES string of the molecule is CCC(Nc1nsnc1Cl)c1ccccc1. The van der Waals surface area contributed by atoms with Gasteiger partial charge < -0.3 is 5.32 Å². The van der Waals surface area contributed by atoms with Crippen LogP contribution in [-0.4, -0.2) is 8.75 Å². The largest absolute Gasteiger partial charge is 0.360 e. The van der Waals surface area contributed by atoms with Gasteiger partial charge >= 0.3 is 0 Å². The molecule has 1 unspecified atom stereocenters. The molecule has 1 heterocycles. The molecule has 0 radical (unpaired) electrons. The number of hydrogen-bond acceptors (Lipinski definition) is 4. The fraction of sp³-hybridized carbons (Fsp3) is 0.273. The minimum Gasteiger partial charge on any atom is -0.360 e. The molecular weight excluding hydrogens is 242 g/mol. The van der Waals surface area contributed by atoms with Crippen LogP contribution in [0.25, 0.3) is 0 Å². The minimum absolute atomic E-state index is 0.225. The molecular formula is C11H12ClN3S. The normalized spacial score (nSPS) is 12.4. The molecule has 0 spiro atoms. The summed E-state index contributed by atoms with van der Waals surface area (Å²) in [4.78, 5) is 0. The second-order valence-corrected chi connectivity index (χ2v) is 4.31. The van der Waals surface area contributed by atoms with E-state index in [1.165, 1.54) is 5.56 Å². The van der Waals surface area contributed by atoms with Gasteiger partial charge in [0.15, 0.2) is 11.0 Å². The average molecular weight is 254 g/mol. The van der Waals surface area contributed by atoms with Gasteiger partial charge in [0, 0.05) is 0 Å². The lowest BCUT2D eigenvalue weighted by Gasteiger charge is -2.16. The van der Waals surface area contributed by atoms with Crippen molar-refractivity contribution >= 4 is 29.1 Å². The second-order valence-electron chi connectivity index (χ2n) is 3.42. The molecule has 1 aromatic carbocycles. The van der Waals surface area contributed by atoms with E-state index < -0.39 is 0 Å². The summed E-state index contributed by atoms with van der Waals surface area (Å²) in [5.41, 5.74) is 1.23. The zero-order valence-electron chi connectivity index (χ0n) is 8.85. The van der Waals surface area contributed by atoms with Gasteiger partial charge in [0.1, 0.15) is 0 Å². The van der Waals surface area contributed by atoms with Crippen molar-refractivity contribution in [2.75, 3.05) is 5.32 Å². The fourth-order valence-corrected chi connectivity index (χ4v) is 2.19. The van der Waals surface area contributed by atoms with Crippen LogP contribution in [0, 0.1) is 0 Å².